The van der Waals surface area contributed by atoms with Gasteiger partial charge in [0.25, 0.3) is 0 Å². The van der Waals surface area contributed by atoms with Crippen molar-refractivity contribution in [3.8, 4) is 0 Å². The highest BCUT2D eigenvalue weighted by molar-refractivity contribution is 7.07. The van der Waals surface area contributed by atoms with E-state index in [1.54, 1.807) is 16.8 Å². The Hall–Kier alpha value is -0.940. The number of rotatable bonds is 7. The first-order valence-corrected chi connectivity index (χ1v) is 6.56. The van der Waals surface area contributed by atoms with Crippen LogP contribution in [0.5, 0.6) is 0 Å². The van der Waals surface area contributed by atoms with Crippen molar-refractivity contribution in [1.82, 2.24) is 10.3 Å². The van der Waals surface area contributed by atoms with Crippen molar-refractivity contribution < 1.29 is 4.79 Å². The first-order valence-electron chi connectivity index (χ1n) is 5.61. The van der Waals surface area contributed by atoms with Crippen LogP contribution in [0.25, 0.3) is 0 Å². The molecule has 16 heavy (non-hydrogen) atoms. The van der Waals surface area contributed by atoms with Gasteiger partial charge in [0.05, 0.1) is 11.2 Å². The van der Waals surface area contributed by atoms with Crippen molar-refractivity contribution in [2.45, 2.75) is 38.6 Å². The van der Waals surface area contributed by atoms with E-state index in [-0.39, 0.29) is 11.9 Å². The molecule has 3 N–H and O–H groups in total. The summed E-state index contributed by atoms with van der Waals surface area (Å²) in [5.74, 6) is 0.0381. The van der Waals surface area contributed by atoms with Gasteiger partial charge >= 0.3 is 0 Å². The van der Waals surface area contributed by atoms with E-state index in [2.05, 4.69) is 17.2 Å². The molecular weight excluding hydrogens is 222 g/mol. The summed E-state index contributed by atoms with van der Waals surface area (Å²) in [6, 6.07) is -0.00993. The Kier molecular flexibility index (Phi) is 6.03. The maximum Gasteiger partial charge on any atom is 0.221 e. The van der Waals surface area contributed by atoms with E-state index >= 15 is 0 Å². The fourth-order valence-corrected chi connectivity index (χ4v) is 2.07. The smallest absolute Gasteiger partial charge is 0.221 e. The SMILES string of the molecule is CCCC(N)CC(=O)NCCc1cscn1. The van der Waals surface area contributed by atoms with Gasteiger partial charge in [-0.25, -0.2) is 4.98 Å². The van der Waals surface area contributed by atoms with Crippen LogP contribution in [0.1, 0.15) is 31.9 Å². The van der Waals surface area contributed by atoms with E-state index in [1.807, 2.05) is 5.38 Å². The highest BCUT2D eigenvalue weighted by Crippen LogP contribution is 2.01. The molecule has 0 radical (unpaired) electrons. The van der Waals surface area contributed by atoms with Crippen molar-refractivity contribution >= 4 is 17.2 Å². The Morgan fingerprint density at radius 1 is 1.69 bits per heavy atom. The zero-order valence-corrected chi connectivity index (χ0v) is 10.4. The van der Waals surface area contributed by atoms with Crippen molar-refractivity contribution in [3.05, 3.63) is 16.6 Å². The molecule has 1 aromatic heterocycles. The lowest BCUT2D eigenvalue weighted by molar-refractivity contribution is -0.121. The molecule has 0 fully saturated rings. The maximum atomic E-state index is 11.4. The molecule has 0 bridgehead atoms. The van der Waals surface area contributed by atoms with Gasteiger partial charge in [0.15, 0.2) is 0 Å². The predicted octanol–water partition coefficient (Wildman–Crippen LogP) is 1.32. The van der Waals surface area contributed by atoms with Gasteiger partial charge in [-0.15, -0.1) is 11.3 Å². The monoisotopic (exact) mass is 241 g/mol. The first-order chi connectivity index (χ1) is 7.72. The third-order valence-electron chi connectivity index (χ3n) is 2.29. The molecule has 0 aromatic carbocycles. The van der Waals surface area contributed by atoms with E-state index in [1.165, 1.54) is 0 Å². The molecule has 0 saturated carbocycles. The average Bonchev–Trinajstić information content (AvgIpc) is 2.70. The van der Waals surface area contributed by atoms with Gasteiger partial charge < -0.3 is 11.1 Å². The second-order valence-electron chi connectivity index (χ2n) is 3.83. The summed E-state index contributed by atoms with van der Waals surface area (Å²) in [6.45, 7) is 2.71. The first kappa shape index (κ1) is 13.1. The van der Waals surface area contributed by atoms with E-state index in [0.717, 1.165) is 25.0 Å². The summed E-state index contributed by atoms with van der Waals surface area (Å²) >= 11 is 1.57. The Morgan fingerprint density at radius 3 is 3.12 bits per heavy atom. The summed E-state index contributed by atoms with van der Waals surface area (Å²) in [5.41, 5.74) is 8.61. The van der Waals surface area contributed by atoms with Crippen LogP contribution in [0, 0.1) is 0 Å². The van der Waals surface area contributed by atoms with Gasteiger partial charge in [-0.3, -0.25) is 4.79 Å². The highest BCUT2D eigenvalue weighted by Gasteiger charge is 2.07. The Labute approximate surface area is 100 Å². The molecule has 0 spiro atoms. The number of carbonyl (C=O) groups excluding carboxylic acids is 1. The zero-order chi connectivity index (χ0) is 11.8. The Balaban J connectivity index is 2.10. The molecule has 1 amide bonds. The molecule has 1 aromatic rings. The second kappa shape index (κ2) is 7.35. The number of nitrogens with one attached hydrogen (secondary N) is 1. The van der Waals surface area contributed by atoms with E-state index < -0.39 is 0 Å². The second-order valence-corrected chi connectivity index (χ2v) is 4.55. The van der Waals surface area contributed by atoms with Crippen molar-refractivity contribution in [2.24, 2.45) is 5.73 Å². The summed E-state index contributed by atoms with van der Waals surface area (Å²) in [7, 11) is 0. The molecule has 0 aliphatic rings. The Bertz CT molecular complexity index is 300. The number of nitrogens with zero attached hydrogens (tertiary/aromatic N) is 1. The molecule has 5 heteroatoms. The summed E-state index contributed by atoms with van der Waals surface area (Å²) in [4.78, 5) is 15.6. The number of hydrogen-bond acceptors (Lipinski definition) is 4. The van der Waals surface area contributed by atoms with Crippen LogP contribution in [0.4, 0.5) is 0 Å². The van der Waals surface area contributed by atoms with Crippen LogP contribution in [-0.4, -0.2) is 23.5 Å². The topological polar surface area (TPSA) is 68.0 Å². The molecule has 1 rings (SSSR count). The third kappa shape index (κ3) is 5.23. The van der Waals surface area contributed by atoms with E-state index in [9.17, 15) is 4.79 Å². The van der Waals surface area contributed by atoms with Crippen LogP contribution >= 0.6 is 11.3 Å². The van der Waals surface area contributed by atoms with Crippen LogP contribution < -0.4 is 11.1 Å². The third-order valence-corrected chi connectivity index (χ3v) is 2.93. The quantitative estimate of drug-likeness (QED) is 0.756. The zero-order valence-electron chi connectivity index (χ0n) is 9.61. The van der Waals surface area contributed by atoms with Gasteiger partial charge in [0, 0.05) is 30.8 Å². The van der Waals surface area contributed by atoms with Gasteiger partial charge in [-0.2, -0.15) is 0 Å². The fourth-order valence-electron chi connectivity index (χ4n) is 1.47. The molecule has 1 unspecified atom stereocenters. The van der Waals surface area contributed by atoms with E-state index in [4.69, 9.17) is 5.73 Å². The number of nitrogens with two attached hydrogens (primary N) is 1. The lowest BCUT2D eigenvalue weighted by Crippen LogP contribution is -2.32. The number of amides is 1. The standard InChI is InChI=1S/C11H19N3OS/c1-2-3-9(12)6-11(15)13-5-4-10-7-16-8-14-10/h7-9H,2-6,12H2,1H3,(H,13,15). The van der Waals surface area contributed by atoms with Gasteiger partial charge in [0.2, 0.25) is 5.91 Å². The molecule has 1 heterocycles. The summed E-state index contributed by atoms with van der Waals surface area (Å²) in [6.07, 6.45) is 3.13. The average molecular weight is 241 g/mol. The Morgan fingerprint density at radius 2 is 2.50 bits per heavy atom. The van der Waals surface area contributed by atoms with Crippen LogP contribution in [0.3, 0.4) is 0 Å². The van der Waals surface area contributed by atoms with Crippen LogP contribution in [-0.2, 0) is 11.2 Å². The summed E-state index contributed by atoms with van der Waals surface area (Å²) < 4.78 is 0. The fraction of sp³-hybridized carbons (Fsp3) is 0.636. The molecule has 0 aliphatic carbocycles. The lowest BCUT2D eigenvalue weighted by Gasteiger charge is -2.09. The minimum absolute atomic E-state index is 0.00993. The molecule has 0 saturated heterocycles. The normalized spacial score (nSPS) is 12.4. The minimum atomic E-state index is -0.00993. The maximum absolute atomic E-state index is 11.4. The molecule has 4 nitrogen and oxygen atoms in total. The molecular formula is C11H19N3OS. The molecule has 90 valence electrons. The van der Waals surface area contributed by atoms with Crippen molar-refractivity contribution in [3.63, 3.8) is 0 Å². The largest absolute Gasteiger partial charge is 0.356 e. The summed E-state index contributed by atoms with van der Waals surface area (Å²) in [5, 5.41) is 4.85. The van der Waals surface area contributed by atoms with Gasteiger partial charge in [-0.1, -0.05) is 13.3 Å². The van der Waals surface area contributed by atoms with E-state index in [0.29, 0.717) is 13.0 Å². The van der Waals surface area contributed by atoms with Crippen molar-refractivity contribution in [1.29, 1.82) is 0 Å². The van der Waals surface area contributed by atoms with Gasteiger partial charge in [-0.05, 0) is 6.42 Å². The van der Waals surface area contributed by atoms with Crippen molar-refractivity contribution in [2.75, 3.05) is 6.54 Å². The molecule has 0 aliphatic heterocycles. The minimum Gasteiger partial charge on any atom is -0.356 e. The van der Waals surface area contributed by atoms with Gasteiger partial charge in [0.1, 0.15) is 0 Å². The lowest BCUT2D eigenvalue weighted by atomic mass is 10.1. The number of carbonyl (C=O) groups is 1. The highest BCUT2D eigenvalue weighted by atomic mass is 32.1. The van der Waals surface area contributed by atoms with Crippen LogP contribution in [0.2, 0.25) is 0 Å². The number of aromatic nitrogens is 1. The van der Waals surface area contributed by atoms with Crippen LogP contribution in [0.15, 0.2) is 10.9 Å². The number of thiazole rings is 1. The number of hydrogen-bond donors (Lipinski definition) is 2. The predicted molar refractivity (Wildman–Crippen MR) is 66.3 cm³/mol. The molecule has 1 atom stereocenters.